The molecule has 0 fully saturated rings. The number of hydrogen-bond donors (Lipinski definition) is 0. The van der Waals surface area contributed by atoms with Crippen molar-refractivity contribution >= 4 is 38.8 Å². The van der Waals surface area contributed by atoms with Gasteiger partial charge in [-0.25, -0.2) is 0 Å². The molecular weight excluding hydrogens is 787 g/mol. The summed E-state index contributed by atoms with van der Waals surface area (Å²) in [6.07, 6.45) is 3.55. The van der Waals surface area contributed by atoms with Crippen molar-refractivity contribution in [3.63, 3.8) is 0 Å². The molecule has 55 heavy (non-hydrogen) atoms. The molecule has 0 heterocycles. The van der Waals surface area contributed by atoms with Crippen LogP contribution in [0.25, 0.3) is 11.1 Å². The first-order chi connectivity index (χ1) is 24.3. The van der Waals surface area contributed by atoms with E-state index in [-0.39, 0.29) is 52.4 Å². The fraction of sp³-hybridized carbons (Fsp3) is 0.442. The molecule has 2 aliphatic carbocycles. The zero-order valence-electron chi connectivity index (χ0n) is 37.0. The minimum atomic E-state index is -5.22. The van der Waals surface area contributed by atoms with E-state index in [0.717, 1.165) is 6.42 Å². The number of hydrogen-bond acceptors (Lipinski definition) is 0. The molecule has 4 aromatic carbocycles. The van der Waals surface area contributed by atoms with Gasteiger partial charge < -0.3 is 0 Å². The molecule has 0 aromatic heterocycles. The summed E-state index contributed by atoms with van der Waals surface area (Å²) in [6.45, 7) is 38.0. The van der Waals surface area contributed by atoms with E-state index in [1.807, 2.05) is 0 Å². The first-order valence-electron chi connectivity index (χ1n) is 20.3. The third-order valence-electron chi connectivity index (χ3n) is 13.0. The Balaban J connectivity index is 0.00000336. The van der Waals surface area contributed by atoms with E-state index in [4.69, 9.17) is 4.21 Å². The van der Waals surface area contributed by atoms with Gasteiger partial charge in [-0.2, -0.15) is 0 Å². The number of halogens is 2. The van der Waals surface area contributed by atoms with Gasteiger partial charge in [-0.1, -0.05) is 0 Å². The second kappa shape index (κ2) is 14.8. The predicted molar refractivity (Wildman–Crippen MR) is 248 cm³/mol. The molecular formula is C52H70Cl2Zr. The van der Waals surface area contributed by atoms with Crippen molar-refractivity contribution in [2.24, 2.45) is 11.8 Å². The second-order valence-corrected chi connectivity index (χ2v) is 33.8. The molecule has 0 N–H and O–H groups in total. The van der Waals surface area contributed by atoms with E-state index in [0.29, 0.717) is 5.92 Å². The molecule has 0 bridgehead atoms. The molecule has 3 heteroatoms. The van der Waals surface area contributed by atoms with Crippen molar-refractivity contribution in [1.82, 2.24) is 0 Å². The van der Waals surface area contributed by atoms with Gasteiger partial charge in [0.1, 0.15) is 0 Å². The van der Waals surface area contributed by atoms with Crippen molar-refractivity contribution in [3.8, 4) is 11.1 Å². The zero-order valence-corrected chi connectivity index (χ0v) is 41.1. The van der Waals surface area contributed by atoms with E-state index in [9.17, 15) is 0 Å². The van der Waals surface area contributed by atoms with Crippen molar-refractivity contribution in [3.05, 3.63) is 133 Å². The van der Waals surface area contributed by atoms with Gasteiger partial charge in [0.05, 0.1) is 0 Å². The van der Waals surface area contributed by atoms with Crippen LogP contribution in [0.15, 0.2) is 99.4 Å². The van der Waals surface area contributed by atoms with Gasteiger partial charge >= 0.3 is 327 Å². The summed E-state index contributed by atoms with van der Waals surface area (Å²) in [5.74, 6) is 0.720. The van der Waals surface area contributed by atoms with Gasteiger partial charge in [-0.05, 0) is 0 Å². The average molecular weight is 857 g/mol. The molecule has 1 unspecified atom stereocenters. The second-order valence-electron chi connectivity index (χ2n) is 21.3. The summed E-state index contributed by atoms with van der Waals surface area (Å²) in [6, 6.07) is 32.2. The molecule has 0 saturated heterocycles. The molecule has 0 saturated carbocycles. The van der Waals surface area contributed by atoms with Crippen molar-refractivity contribution in [2.75, 3.05) is 0 Å². The molecule has 0 aliphatic heterocycles. The van der Waals surface area contributed by atoms with E-state index in [2.05, 4.69) is 196 Å². The van der Waals surface area contributed by atoms with Gasteiger partial charge in [-0.15, -0.1) is 24.8 Å². The van der Waals surface area contributed by atoms with Gasteiger partial charge in [0, 0.05) is 0 Å². The van der Waals surface area contributed by atoms with Crippen LogP contribution in [0, 0.1) is 11.8 Å². The third-order valence-corrected chi connectivity index (χ3v) is 30.0. The first kappa shape index (κ1) is 45.4. The van der Waals surface area contributed by atoms with Crippen LogP contribution in [0.3, 0.4) is 0 Å². The summed E-state index contributed by atoms with van der Waals surface area (Å²) >= 11 is -5.22. The topological polar surface area (TPSA) is 0 Å². The molecule has 4 aromatic rings. The van der Waals surface area contributed by atoms with Crippen molar-refractivity contribution in [2.45, 2.75) is 139 Å². The number of allylic oxidation sites excluding steroid dienone is 4. The van der Waals surface area contributed by atoms with Gasteiger partial charge in [-0.3, -0.25) is 0 Å². The van der Waals surface area contributed by atoms with Gasteiger partial charge in [0.2, 0.25) is 0 Å². The Morgan fingerprint density at radius 3 is 1.44 bits per heavy atom. The van der Waals surface area contributed by atoms with Crippen LogP contribution in [0.1, 0.15) is 144 Å². The van der Waals surface area contributed by atoms with E-state index < -0.39 is 18.3 Å². The van der Waals surface area contributed by atoms with Crippen LogP contribution in [-0.2, 0) is 46.4 Å². The molecule has 0 nitrogen and oxygen atoms in total. The maximum atomic E-state index is 6.06. The summed E-state index contributed by atoms with van der Waals surface area (Å²) in [4.78, 5) is 0. The SMILES string of the molecule is Cl.Cl.[CH2]=[Zr]([C]1=C(C)C(C(C)C)=CC1C)([c]1ccc(C(C)(C)C)cc1)([c]1ccc(C(C)(C)C)cc1)[c]1c(C(C)(C)C)ccc2c1Cc1cc(C(C)(C)C)ccc1-2. The van der Waals surface area contributed by atoms with Gasteiger partial charge in [0.15, 0.2) is 0 Å². The fourth-order valence-corrected chi connectivity index (χ4v) is 28.8. The summed E-state index contributed by atoms with van der Waals surface area (Å²) in [5, 5.41) is 0. The standard InChI is InChI=1S/C21H25.C10H15.2C10H13.CH2.2ClH.Zr/c1-20(2,3)16-7-9-18-14(12-16)11-15-13-17(21(4,5)6)8-10-19(15)18;1-7(2)10-6-8(3)5-9(10)4;2*1-10(2,3)9-7-5-4-6-8-9;;;;/h7-10,12H,11H2,1-6H3;6-8H,1-4H3;2*5-8H,1-3H3;1H2;2*1H;. The van der Waals surface area contributed by atoms with E-state index >= 15 is 0 Å². The van der Waals surface area contributed by atoms with Crippen LogP contribution in [0.4, 0.5) is 0 Å². The first-order valence-corrected chi connectivity index (χ1v) is 26.9. The predicted octanol–water partition coefficient (Wildman–Crippen LogP) is 13.2. The van der Waals surface area contributed by atoms with Crippen LogP contribution < -0.4 is 9.81 Å². The van der Waals surface area contributed by atoms with Crippen LogP contribution in [0.2, 0.25) is 0 Å². The molecule has 0 radical (unpaired) electrons. The summed E-state index contributed by atoms with van der Waals surface area (Å²) < 4.78 is 12.2. The Labute approximate surface area is 349 Å². The number of rotatable bonds is 5. The molecule has 6 rings (SSSR count). The molecule has 1 atom stereocenters. The van der Waals surface area contributed by atoms with Gasteiger partial charge in [0.25, 0.3) is 0 Å². The summed E-state index contributed by atoms with van der Waals surface area (Å²) in [7, 11) is 0. The normalized spacial score (nSPS) is 16.4. The Bertz CT molecular complexity index is 2150. The molecule has 0 spiro atoms. The molecule has 296 valence electrons. The molecule has 2 aliphatic rings. The number of benzene rings is 4. The molecule has 0 amide bonds. The summed E-state index contributed by atoms with van der Waals surface area (Å²) in [5.41, 5.74) is 14.5. The Hall–Kier alpha value is -2.31. The van der Waals surface area contributed by atoms with Crippen LogP contribution in [-0.4, -0.2) is 4.21 Å². The monoisotopic (exact) mass is 854 g/mol. The Kier molecular flexibility index (Phi) is 12.2. The number of fused-ring (bicyclic) bond motifs is 3. The Morgan fingerprint density at radius 2 is 1.04 bits per heavy atom. The quantitative estimate of drug-likeness (QED) is 0.165. The Morgan fingerprint density at radius 1 is 0.600 bits per heavy atom. The minimum absolute atomic E-state index is 0. The maximum absolute atomic E-state index is 6.06. The van der Waals surface area contributed by atoms with Crippen molar-refractivity contribution < 1.29 is 18.3 Å². The zero-order chi connectivity index (χ0) is 39.3. The van der Waals surface area contributed by atoms with E-state index in [1.54, 1.807) is 6.55 Å². The van der Waals surface area contributed by atoms with Crippen LogP contribution in [0.5, 0.6) is 0 Å². The van der Waals surface area contributed by atoms with Crippen molar-refractivity contribution in [1.29, 1.82) is 0 Å². The van der Waals surface area contributed by atoms with Crippen LogP contribution >= 0.6 is 24.8 Å². The fourth-order valence-electron chi connectivity index (χ4n) is 10.1. The third kappa shape index (κ3) is 7.36. The average Bonchev–Trinajstić information content (AvgIpc) is 3.58. The van der Waals surface area contributed by atoms with E-state index in [1.165, 1.54) is 62.2 Å².